The first-order valence-corrected chi connectivity index (χ1v) is 8.46. The van der Waals surface area contributed by atoms with Gasteiger partial charge in [0.15, 0.2) is 0 Å². The van der Waals surface area contributed by atoms with Crippen molar-refractivity contribution in [1.29, 1.82) is 0 Å². The van der Waals surface area contributed by atoms with Crippen LogP contribution < -0.4 is 10.1 Å². The zero-order chi connectivity index (χ0) is 19.6. The largest absolute Gasteiger partial charge is 0.488 e. The van der Waals surface area contributed by atoms with Crippen molar-refractivity contribution in [1.82, 2.24) is 0 Å². The van der Waals surface area contributed by atoms with Crippen molar-refractivity contribution in [3.8, 4) is 5.75 Å². The Morgan fingerprint density at radius 1 is 1.19 bits per heavy atom. The molecule has 144 valence electrons. The minimum atomic E-state index is -0.677. The summed E-state index contributed by atoms with van der Waals surface area (Å²) in [5.41, 5.74) is 0.167. The predicted molar refractivity (Wildman–Crippen MR) is 101 cm³/mol. The van der Waals surface area contributed by atoms with Crippen molar-refractivity contribution < 1.29 is 23.9 Å². The van der Waals surface area contributed by atoms with Gasteiger partial charge in [0.1, 0.15) is 24.7 Å². The number of nitro benzene ring substituents is 1. The van der Waals surface area contributed by atoms with Crippen LogP contribution in [0.5, 0.6) is 5.75 Å². The minimum absolute atomic E-state index is 0.0221. The molecule has 2 aromatic carbocycles. The van der Waals surface area contributed by atoms with Gasteiger partial charge in [-0.15, -0.1) is 0 Å². The first-order chi connectivity index (χ1) is 13.0. The molecule has 27 heavy (non-hydrogen) atoms. The van der Waals surface area contributed by atoms with Crippen LogP contribution in [0.2, 0.25) is 5.02 Å². The Balaban J connectivity index is 1.92. The van der Waals surface area contributed by atoms with E-state index in [9.17, 15) is 14.9 Å². The smallest absolute Gasteiger partial charge is 0.338 e. The number of anilines is 1. The third kappa shape index (κ3) is 6.12. The fraction of sp³-hybridized carbons (Fsp3) is 0.278. The summed E-state index contributed by atoms with van der Waals surface area (Å²) in [4.78, 5) is 22.8. The highest BCUT2D eigenvalue weighted by Crippen LogP contribution is 2.26. The number of halogens is 1. The molecule has 0 aromatic heterocycles. The number of hydrogen-bond acceptors (Lipinski definition) is 7. The number of nitro groups is 1. The Morgan fingerprint density at radius 3 is 2.67 bits per heavy atom. The molecule has 0 aliphatic carbocycles. The third-order valence-corrected chi connectivity index (χ3v) is 3.77. The number of ether oxygens (including phenoxy) is 3. The molecule has 0 fully saturated rings. The van der Waals surface area contributed by atoms with Gasteiger partial charge < -0.3 is 19.5 Å². The van der Waals surface area contributed by atoms with E-state index in [0.29, 0.717) is 29.6 Å². The molecule has 0 spiro atoms. The number of methoxy groups -OCH3 is 1. The molecule has 2 aromatic rings. The van der Waals surface area contributed by atoms with Crippen LogP contribution in [0.4, 0.5) is 11.4 Å². The van der Waals surface area contributed by atoms with Gasteiger partial charge >= 0.3 is 5.97 Å². The van der Waals surface area contributed by atoms with Crippen molar-refractivity contribution in [2.24, 2.45) is 0 Å². The molecule has 0 aliphatic heterocycles. The maximum absolute atomic E-state index is 12.1. The number of para-hydroxylation sites is 1. The number of hydrogen-bond donors (Lipinski definition) is 1. The Hall–Kier alpha value is -2.84. The van der Waals surface area contributed by atoms with E-state index in [1.54, 1.807) is 24.3 Å². The summed E-state index contributed by atoms with van der Waals surface area (Å²) < 4.78 is 15.4. The molecule has 0 unspecified atom stereocenters. The predicted octanol–water partition coefficient (Wildman–Crippen LogP) is 3.54. The minimum Gasteiger partial charge on any atom is -0.488 e. The second-order valence-electron chi connectivity index (χ2n) is 5.32. The SMILES string of the molecule is COCCNc1ccc(C(=O)OCCOc2ccccc2Cl)cc1[N+](=O)[O-]. The molecule has 0 aliphatic rings. The molecule has 1 N–H and O–H groups in total. The van der Waals surface area contributed by atoms with Crippen LogP contribution >= 0.6 is 11.6 Å². The van der Waals surface area contributed by atoms with Gasteiger partial charge in [-0.25, -0.2) is 4.79 Å². The normalized spacial score (nSPS) is 10.3. The topological polar surface area (TPSA) is 99.9 Å². The molecule has 8 nitrogen and oxygen atoms in total. The first kappa shape index (κ1) is 20.5. The van der Waals surface area contributed by atoms with Gasteiger partial charge in [0.2, 0.25) is 0 Å². The van der Waals surface area contributed by atoms with Crippen LogP contribution in [0.3, 0.4) is 0 Å². The quantitative estimate of drug-likeness (QED) is 0.284. The van der Waals surface area contributed by atoms with E-state index in [1.807, 2.05) is 0 Å². The van der Waals surface area contributed by atoms with Crippen LogP contribution in [-0.2, 0) is 9.47 Å². The molecule has 0 atom stereocenters. The number of rotatable bonds is 10. The van der Waals surface area contributed by atoms with Crippen LogP contribution in [0, 0.1) is 10.1 Å². The van der Waals surface area contributed by atoms with Gasteiger partial charge in [-0.2, -0.15) is 0 Å². The number of esters is 1. The number of nitrogens with zero attached hydrogens (tertiary/aromatic N) is 1. The highest BCUT2D eigenvalue weighted by Gasteiger charge is 2.18. The summed E-state index contributed by atoms with van der Waals surface area (Å²) >= 11 is 5.96. The molecule has 0 bridgehead atoms. The van der Waals surface area contributed by atoms with E-state index in [1.165, 1.54) is 25.3 Å². The third-order valence-electron chi connectivity index (χ3n) is 3.46. The fourth-order valence-electron chi connectivity index (χ4n) is 2.18. The van der Waals surface area contributed by atoms with Crippen LogP contribution in [0.15, 0.2) is 42.5 Å². The summed E-state index contributed by atoms with van der Waals surface area (Å²) in [7, 11) is 1.53. The zero-order valence-electron chi connectivity index (χ0n) is 14.6. The Labute approximate surface area is 161 Å². The van der Waals surface area contributed by atoms with Crippen molar-refractivity contribution in [3.05, 3.63) is 63.2 Å². The first-order valence-electron chi connectivity index (χ1n) is 8.08. The summed E-state index contributed by atoms with van der Waals surface area (Å²) in [6.45, 7) is 0.882. The van der Waals surface area contributed by atoms with Gasteiger partial charge in [-0.3, -0.25) is 10.1 Å². The molecular formula is C18H19ClN2O6. The van der Waals surface area contributed by atoms with E-state index in [0.717, 1.165) is 0 Å². The van der Waals surface area contributed by atoms with Gasteiger partial charge in [-0.05, 0) is 24.3 Å². The number of benzene rings is 2. The van der Waals surface area contributed by atoms with Gasteiger partial charge in [-0.1, -0.05) is 23.7 Å². The second kappa shape index (κ2) is 10.3. The number of carbonyl (C=O) groups is 1. The Bertz CT molecular complexity index is 799. The van der Waals surface area contributed by atoms with Crippen molar-refractivity contribution in [2.75, 3.05) is 38.8 Å². The average Bonchev–Trinajstić information content (AvgIpc) is 2.66. The van der Waals surface area contributed by atoms with Crippen LogP contribution in [-0.4, -0.2) is 44.4 Å². The molecule has 0 radical (unpaired) electrons. The maximum atomic E-state index is 12.1. The van der Waals surface area contributed by atoms with Crippen LogP contribution in [0.25, 0.3) is 0 Å². The standard InChI is InChI=1S/C18H19ClN2O6/c1-25-9-8-20-15-7-6-13(12-16(15)21(23)24)18(22)27-11-10-26-17-5-3-2-4-14(17)19/h2-7,12,20H,8-11H2,1H3. The molecule has 0 amide bonds. The Morgan fingerprint density at radius 2 is 1.96 bits per heavy atom. The van der Waals surface area contributed by atoms with Crippen molar-refractivity contribution >= 4 is 28.9 Å². The summed E-state index contributed by atoms with van der Waals surface area (Å²) in [5, 5.41) is 14.6. The van der Waals surface area contributed by atoms with Gasteiger partial charge in [0.25, 0.3) is 5.69 Å². The lowest BCUT2D eigenvalue weighted by molar-refractivity contribution is -0.384. The molecule has 0 heterocycles. The highest BCUT2D eigenvalue weighted by atomic mass is 35.5. The molecule has 0 saturated heterocycles. The highest BCUT2D eigenvalue weighted by molar-refractivity contribution is 6.32. The monoisotopic (exact) mass is 394 g/mol. The zero-order valence-corrected chi connectivity index (χ0v) is 15.4. The molecular weight excluding hydrogens is 376 g/mol. The summed E-state index contributed by atoms with van der Waals surface area (Å²) in [6.07, 6.45) is 0. The second-order valence-corrected chi connectivity index (χ2v) is 5.73. The summed E-state index contributed by atoms with van der Waals surface area (Å²) in [6, 6.07) is 11.0. The molecule has 2 rings (SSSR count). The van der Waals surface area contributed by atoms with E-state index < -0.39 is 10.9 Å². The van der Waals surface area contributed by atoms with E-state index in [2.05, 4.69) is 5.32 Å². The Kier molecular flexibility index (Phi) is 7.84. The average molecular weight is 395 g/mol. The van der Waals surface area contributed by atoms with Gasteiger partial charge in [0, 0.05) is 19.7 Å². The van der Waals surface area contributed by atoms with E-state index >= 15 is 0 Å². The lowest BCUT2D eigenvalue weighted by Gasteiger charge is -2.10. The van der Waals surface area contributed by atoms with Gasteiger partial charge in [0.05, 0.1) is 22.1 Å². The maximum Gasteiger partial charge on any atom is 0.338 e. The van der Waals surface area contributed by atoms with E-state index in [4.69, 9.17) is 25.8 Å². The number of carbonyl (C=O) groups excluding carboxylic acids is 1. The molecule has 9 heteroatoms. The molecule has 0 saturated carbocycles. The van der Waals surface area contributed by atoms with E-state index in [-0.39, 0.29) is 24.5 Å². The lowest BCUT2D eigenvalue weighted by atomic mass is 10.1. The lowest BCUT2D eigenvalue weighted by Crippen LogP contribution is -2.13. The fourth-order valence-corrected chi connectivity index (χ4v) is 2.37. The van der Waals surface area contributed by atoms with Crippen molar-refractivity contribution in [3.63, 3.8) is 0 Å². The van der Waals surface area contributed by atoms with Crippen molar-refractivity contribution in [2.45, 2.75) is 0 Å². The number of nitrogens with one attached hydrogen (secondary N) is 1. The summed E-state index contributed by atoms with van der Waals surface area (Å²) in [5.74, 6) is -0.193. The van der Waals surface area contributed by atoms with Crippen LogP contribution in [0.1, 0.15) is 10.4 Å².